The van der Waals surface area contributed by atoms with Crippen LogP contribution in [-0.2, 0) is 9.84 Å². The van der Waals surface area contributed by atoms with E-state index in [1.165, 1.54) is 6.26 Å². The highest BCUT2D eigenvalue weighted by Gasteiger charge is 2.09. The lowest BCUT2D eigenvalue weighted by molar-refractivity contribution is 0.602. The van der Waals surface area contributed by atoms with Crippen LogP contribution in [-0.4, -0.2) is 24.5 Å². The lowest BCUT2D eigenvalue weighted by Crippen LogP contribution is -1.99. The van der Waals surface area contributed by atoms with Gasteiger partial charge in [0.05, 0.1) is 16.3 Å². The summed E-state index contributed by atoms with van der Waals surface area (Å²) >= 11 is 0. The van der Waals surface area contributed by atoms with E-state index in [0.717, 1.165) is 28.1 Å². The highest BCUT2D eigenvalue weighted by Crippen LogP contribution is 2.25. The van der Waals surface area contributed by atoms with Crippen LogP contribution in [0.4, 0.5) is 0 Å². The molecule has 0 aliphatic rings. The van der Waals surface area contributed by atoms with Gasteiger partial charge in [0.1, 0.15) is 0 Å². The zero-order valence-corrected chi connectivity index (χ0v) is 14.1. The third-order valence-corrected chi connectivity index (χ3v) is 4.92. The summed E-state index contributed by atoms with van der Waals surface area (Å²) in [6.07, 6.45) is 3.15. The second-order valence-electron chi connectivity index (χ2n) is 5.70. The molecule has 1 aromatic heterocycles. The third-order valence-electron chi connectivity index (χ3n) is 3.79. The van der Waals surface area contributed by atoms with Gasteiger partial charge >= 0.3 is 0 Å². The van der Waals surface area contributed by atoms with E-state index in [9.17, 15) is 8.42 Å². The first-order chi connectivity index (χ1) is 10.8. The zero-order valence-electron chi connectivity index (χ0n) is 13.3. The van der Waals surface area contributed by atoms with E-state index in [1.54, 1.807) is 12.1 Å². The first kappa shape index (κ1) is 15.5. The Morgan fingerprint density at radius 2 is 1.57 bits per heavy atom. The molecule has 0 spiro atoms. The Balaban J connectivity index is 2.04. The van der Waals surface area contributed by atoms with E-state index in [4.69, 9.17) is 0 Å². The van der Waals surface area contributed by atoms with Crippen LogP contribution in [0.3, 0.4) is 0 Å². The zero-order chi connectivity index (χ0) is 16.6. The van der Waals surface area contributed by atoms with E-state index < -0.39 is 9.84 Å². The Morgan fingerprint density at radius 3 is 2.13 bits per heavy atom. The fourth-order valence-corrected chi connectivity index (χ4v) is 3.11. The van der Waals surface area contributed by atoms with Gasteiger partial charge in [-0.3, -0.25) is 0 Å². The van der Waals surface area contributed by atoms with Gasteiger partial charge in [-0.15, -0.1) is 0 Å². The highest BCUT2D eigenvalue weighted by atomic mass is 32.2. The summed E-state index contributed by atoms with van der Waals surface area (Å²) in [5.41, 5.74) is 5.11. The van der Waals surface area contributed by atoms with Crippen molar-refractivity contribution < 1.29 is 8.42 Å². The van der Waals surface area contributed by atoms with Gasteiger partial charge < -0.3 is 0 Å². The van der Waals surface area contributed by atoms with E-state index in [0.29, 0.717) is 4.90 Å². The van der Waals surface area contributed by atoms with E-state index >= 15 is 0 Å². The standard InChI is InChI=1S/C18H18N2O2S/c1-13-4-5-16(12-18(13)20-11-10-14(2)19-20)15-6-8-17(9-7-15)23(3,21)22/h4-12H,1-3H3. The maximum Gasteiger partial charge on any atom is 0.175 e. The molecule has 0 aliphatic heterocycles. The maximum atomic E-state index is 11.6. The summed E-state index contributed by atoms with van der Waals surface area (Å²) in [5.74, 6) is 0. The Bertz CT molecular complexity index is 955. The molecular formula is C18H18N2O2S. The van der Waals surface area contributed by atoms with Gasteiger partial charge in [-0.25, -0.2) is 13.1 Å². The number of nitrogens with zero attached hydrogens (tertiary/aromatic N) is 2. The van der Waals surface area contributed by atoms with Gasteiger partial charge in [0.2, 0.25) is 0 Å². The number of sulfone groups is 1. The molecule has 0 saturated carbocycles. The van der Waals surface area contributed by atoms with Crippen molar-refractivity contribution in [3.05, 3.63) is 66.0 Å². The first-order valence-corrected chi connectivity index (χ1v) is 9.17. The molecule has 118 valence electrons. The van der Waals surface area contributed by atoms with Gasteiger partial charge in [-0.1, -0.05) is 24.3 Å². The molecule has 23 heavy (non-hydrogen) atoms. The van der Waals surface area contributed by atoms with Crippen molar-refractivity contribution in [3.8, 4) is 16.8 Å². The first-order valence-electron chi connectivity index (χ1n) is 7.28. The van der Waals surface area contributed by atoms with Gasteiger partial charge in [-0.2, -0.15) is 5.10 Å². The number of aromatic nitrogens is 2. The Morgan fingerprint density at radius 1 is 0.913 bits per heavy atom. The fourth-order valence-electron chi connectivity index (χ4n) is 2.48. The minimum Gasteiger partial charge on any atom is -0.240 e. The molecule has 5 heteroatoms. The molecule has 1 heterocycles. The Kier molecular flexibility index (Phi) is 3.82. The fraction of sp³-hybridized carbons (Fsp3) is 0.167. The Labute approximate surface area is 136 Å². The van der Waals surface area contributed by atoms with Crippen LogP contribution in [0, 0.1) is 13.8 Å². The molecule has 4 nitrogen and oxygen atoms in total. The van der Waals surface area contributed by atoms with Crippen LogP contribution in [0.5, 0.6) is 0 Å². The average molecular weight is 326 g/mol. The van der Waals surface area contributed by atoms with E-state index in [2.05, 4.69) is 11.2 Å². The van der Waals surface area contributed by atoms with Crippen molar-refractivity contribution in [2.24, 2.45) is 0 Å². The summed E-state index contributed by atoms with van der Waals surface area (Å²) in [7, 11) is -3.17. The maximum absolute atomic E-state index is 11.6. The molecule has 0 unspecified atom stereocenters. The number of aryl methyl sites for hydroxylation is 2. The number of rotatable bonds is 3. The summed E-state index contributed by atoms with van der Waals surface area (Å²) < 4.78 is 25.0. The van der Waals surface area contributed by atoms with Crippen LogP contribution in [0.2, 0.25) is 0 Å². The molecule has 0 fully saturated rings. The molecular weight excluding hydrogens is 308 g/mol. The minimum atomic E-state index is -3.17. The van der Waals surface area contributed by atoms with Crippen molar-refractivity contribution in [1.29, 1.82) is 0 Å². The van der Waals surface area contributed by atoms with E-state index in [-0.39, 0.29) is 0 Å². The van der Waals surface area contributed by atoms with Crippen LogP contribution < -0.4 is 0 Å². The molecule has 2 aromatic carbocycles. The molecule has 0 saturated heterocycles. The predicted octanol–water partition coefficient (Wildman–Crippen LogP) is 3.56. The summed E-state index contributed by atoms with van der Waals surface area (Å²) in [4.78, 5) is 0.330. The smallest absolute Gasteiger partial charge is 0.175 e. The summed E-state index contributed by atoms with van der Waals surface area (Å²) in [5, 5.41) is 4.46. The van der Waals surface area contributed by atoms with Crippen LogP contribution in [0.15, 0.2) is 59.6 Å². The normalized spacial score (nSPS) is 11.6. The minimum absolute atomic E-state index is 0.330. The largest absolute Gasteiger partial charge is 0.240 e. The SMILES string of the molecule is Cc1ccn(-c2cc(-c3ccc(S(C)(=O)=O)cc3)ccc2C)n1. The van der Waals surface area contributed by atoms with Crippen molar-refractivity contribution in [3.63, 3.8) is 0 Å². The molecule has 0 radical (unpaired) electrons. The molecule has 3 aromatic rings. The number of benzene rings is 2. The number of hydrogen-bond donors (Lipinski definition) is 0. The quantitative estimate of drug-likeness (QED) is 0.739. The second kappa shape index (κ2) is 5.66. The van der Waals surface area contributed by atoms with Crippen LogP contribution in [0.1, 0.15) is 11.3 Å². The Hall–Kier alpha value is -2.40. The van der Waals surface area contributed by atoms with Gasteiger partial charge in [0, 0.05) is 12.5 Å². The van der Waals surface area contributed by atoms with E-state index in [1.807, 2.05) is 55.1 Å². The third kappa shape index (κ3) is 3.19. The monoisotopic (exact) mass is 326 g/mol. The van der Waals surface area contributed by atoms with Gasteiger partial charge in [0.15, 0.2) is 9.84 Å². The van der Waals surface area contributed by atoms with Gasteiger partial charge in [-0.05, 0) is 54.8 Å². The second-order valence-corrected chi connectivity index (χ2v) is 7.72. The lowest BCUT2D eigenvalue weighted by atomic mass is 10.0. The molecule has 0 atom stereocenters. The predicted molar refractivity (Wildman–Crippen MR) is 91.6 cm³/mol. The molecule has 0 N–H and O–H groups in total. The van der Waals surface area contributed by atoms with Crippen molar-refractivity contribution in [2.45, 2.75) is 18.7 Å². The topological polar surface area (TPSA) is 52.0 Å². The van der Waals surface area contributed by atoms with Crippen molar-refractivity contribution in [1.82, 2.24) is 9.78 Å². The molecule has 0 bridgehead atoms. The molecule has 3 rings (SSSR count). The lowest BCUT2D eigenvalue weighted by Gasteiger charge is -2.10. The highest BCUT2D eigenvalue weighted by molar-refractivity contribution is 7.90. The van der Waals surface area contributed by atoms with Crippen molar-refractivity contribution >= 4 is 9.84 Å². The number of hydrogen-bond acceptors (Lipinski definition) is 3. The molecule has 0 aliphatic carbocycles. The average Bonchev–Trinajstić information content (AvgIpc) is 2.93. The summed E-state index contributed by atoms with van der Waals surface area (Å²) in [6, 6.07) is 15.1. The van der Waals surface area contributed by atoms with Gasteiger partial charge in [0.25, 0.3) is 0 Å². The summed E-state index contributed by atoms with van der Waals surface area (Å²) in [6.45, 7) is 4.00. The van der Waals surface area contributed by atoms with Crippen LogP contribution in [0.25, 0.3) is 16.8 Å². The van der Waals surface area contributed by atoms with Crippen LogP contribution >= 0.6 is 0 Å². The molecule has 0 amide bonds. The van der Waals surface area contributed by atoms with Crippen molar-refractivity contribution in [2.75, 3.05) is 6.26 Å².